The van der Waals surface area contributed by atoms with Gasteiger partial charge in [-0.3, -0.25) is 9.59 Å². The van der Waals surface area contributed by atoms with Crippen molar-refractivity contribution in [1.29, 1.82) is 0 Å². The Morgan fingerprint density at radius 1 is 1.08 bits per heavy atom. The quantitative estimate of drug-likeness (QED) is 0.691. The Morgan fingerprint density at radius 2 is 1.80 bits per heavy atom. The summed E-state index contributed by atoms with van der Waals surface area (Å²) in [5.41, 5.74) is 2.71. The highest BCUT2D eigenvalue weighted by Crippen LogP contribution is 2.32. The highest BCUT2D eigenvalue weighted by atomic mass is 79.9. The van der Waals surface area contributed by atoms with E-state index in [0.29, 0.717) is 22.5 Å². The van der Waals surface area contributed by atoms with Crippen molar-refractivity contribution in [1.82, 2.24) is 5.32 Å². The summed E-state index contributed by atoms with van der Waals surface area (Å²) in [5, 5.41) is 3.34. The minimum absolute atomic E-state index is 0.109. The van der Waals surface area contributed by atoms with E-state index in [-0.39, 0.29) is 17.1 Å². The lowest BCUT2D eigenvalue weighted by Gasteiger charge is -2.13. The molecule has 1 unspecified atom stereocenters. The maximum absolute atomic E-state index is 13.0. The minimum Gasteiger partial charge on any atom is -0.450 e. The molecule has 2 aromatic carbocycles. The molecular formula is C20H16BrNO3. The average molecular weight is 398 g/mol. The molecule has 0 spiro atoms. The lowest BCUT2D eigenvalue weighted by molar-refractivity contribution is 0.0938. The van der Waals surface area contributed by atoms with Crippen LogP contribution in [-0.2, 0) is 0 Å². The van der Waals surface area contributed by atoms with Crippen LogP contribution in [0, 0.1) is 0 Å². The number of rotatable bonds is 2. The number of benzene rings is 2. The maximum atomic E-state index is 13.0. The second kappa shape index (κ2) is 5.85. The van der Waals surface area contributed by atoms with E-state index in [1.807, 2.05) is 24.3 Å². The highest BCUT2D eigenvalue weighted by Gasteiger charge is 2.35. The van der Waals surface area contributed by atoms with Crippen LogP contribution in [0.25, 0.3) is 11.0 Å². The van der Waals surface area contributed by atoms with Crippen molar-refractivity contribution in [3.63, 3.8) is 0 Å². The van der Waals surface area contributed by atoms with Crippen molar-refractivity contribution in [2.24, 2.45) is 0 Å². The minimum atomic E-state index is -0.483. The number of fused-ring (bicyclic) bond motifs is 2. The summed E-state index contributed by atoms with van der Waals surface area (Å²) in [4.78, 5) is 25.3. The molecule has 0 saturated carbocycles. The first-order valence-corrected chi connectivity index (χ1v) is 8.92. The average Bonchev–Trinajstić information content (AvgIpc) is 2.93. The molecule has 4 rings (SSSR count). The lowest BCUT2D eigenvalue weighted by atomic mass is 9.96. The Bertz CT molecular complexity index is 1050. The summed E-state index contributed by atoms with van der Waals surface area (Å²) in [6.45, 7) is 4.25. The van der Waals surface area contributed by atoms with E-state index in [2.05, 4.69) is 35.1 Å². The van der Waals surface area contributed by atoms with E-state index < -0.39 is 6.04 Å². The van der Waals surface area contributed by atoms with Crippen LogP contribution >= 0.6 is 15.9 Å². The molecule has 1 amide bonds. The zero-order chi connectivity index (χ0) is 17.7. The van der Waals surface area contributed by atoms with Crippen LogP contribution in [0.2, 0.25) is 0 Å². The van der Waals surface area contributed by atoms with Crippen LogP contribution < -0.4 is 10.7 Å². The van der Waals surface area contributed by atoms with E-state index in [9.17, 15) is 9.59 Å². The molecule has 1 atom stereocenters. The van der Waals surface area contributed by atoms with Gasteiger partial charge in [0.2, 0.25) is 5.76 Å². The second-order valence-corrected chi connectivity index (χ2v) is 7.46. The van der Waals surface area contributed by atoms with Crippen molar-refractivity contribution in [2.45, 2.75) is 25.8 Å². The third-order valence-electron chi connectivity index (χ3n) is 4.59. The van der Waals surface area contributed by atoms with Gasteiger partial charge in [0.25, 0.3) is 5.91 Å². The van der Waals surface area contributed by atoms with Gasteiger partial charge in [-0.1, -0.05) is 54.0 Å². The fraction of sp³-hybridized carbons (Fsp3) is 0.200. The molecule has 25 heavy (non-hydrogen) atoms. The molecule has 0 radical (unpaired) electrons. The van der Waals surface area contributed by atoms with Gasteiger partial charge in [-0.15, -0.1) is 0 Å². The third kappa shape index (κ3) is 2.59. The third-order valence-corrected chi connectivity index (χ3v) is 5.09. The van der Waals surface area contributed by atoms with Crippen molar-refractivity contribution < 1.29 is 9.21 Å². The monoisotopic (exact) mass is 397 g/mol. The van der Waals surface area contributed by atoms with Crippen LogP contribution in [0.1, 0.15) is 53.1 Å². The fourth-order valence-electron chi connectivity index (χ4n) is 3.20. The molecule has 2 heterocycles. The molecule has 1 aromatic heterocycles. The molecule has 1 aliphatic rings. The Labute approximate surface area is 153 Å². The number of carbonyl (C=O) groups excluding carboxylic acids is 1. The second-order valence-electron chi connectivity index (χ2n) is 6.54. The smallest absolute Gasteiger partial charge is 0.288 e. The standard InChI is InChI=1S/C20H16BrNO3/c1-10(2)11-3-5-12(6-4-11)17-16-18(23)14-9-13(21)7-8-15(14)25-19(16)20(24)22-17/h3-10,17H,1-2H3,(H,22,24). The van der Waals surface area contributed by atoms with E-state index in [1.54, 1.807) is 18.2 Å². The van der Waals surface area contributed by atoms with Crippen molar-refractivity contribution >= 4 is 32.8 Å². The Kier molecular flexibility index (Phi) is 3.76. The SMILES string of the molecule is CC(C)c1ccc(C2NC(=O)c3oc4ccc(Br)cc4c(=O)c32)cc1. The van der Waals surface area contributed by atoms with Gasteiger partial charge in [-0.2, -0.15) is 0 Å². The predicted octanol–water partition coefficient (Wildman–Crippen LogP) is 4.51. The van der Waals surface area contributed by atoms with Crippen molar-refractivity contribution in [3.05, 3.63) is 79.6 Å². The molecule has 1 N–H and O–H groups in total. The molecule has 3 aromatic rings. The summed E-state index contributed by atoms with van der Waals surface area (Å²) >= 11 is 3.38. The first-order valence-electron chi connectivity index (χ1n) is 8.12. The van der Waals surface area contributed by atoms with E-state index >= 15 is 0 Å². The van der Waals surface area contributed by atoms with Crippen LogP contribution in [-0.4, -0.2) is 5.91 Å². The number of amides is 1. The molecule has 0 bridgehead atoms. The van der Waals surface area contributed by atoms with Gasteiger partial charge in [-0.05, 0) is 35.2 Å². The normalized spacial score (nSPS) is 16.3. The molecule has 5 heteroatoms. The Hall–Kier alpha value is -2.40. The van der Waals surface area contributed by atoms with E-state index in [4.69, 9.17) is 4.42 Å². The highest BCUT2D eigenvalue weighted by molar-refractivity contribution is 9.10. The summed E-state index contributed by atoms with van der Waals surface area (Å²) in [6, 6.07) is 12.7. The van der Waals surface area contributed by atoms with Gasteiger partial charge in [-0.25, -0.2) is 0 Å². The van der Waals surface area contributed by atoms with Crippen molar-refractivity contribution in [3.8, 4) is 0 Å². The van der Waals surface area contributed by atoms with Crippen LogP contribution in [0.4, 0.5) is 0 Å². The van der Waals surface area contributed by atoms with Crippen LogP contribution in [0.5, 0.6) is 0 Å². The predicted molar refractivity (Wildman–Crippen MR) is 100 cm³/mol. The first kappa shape index (κ1) is 16.1. The largest absolute Gasteiger partial charge is 0.450 e. The summed E-state index contributed by atoms with van der Waals surface area (Å²) in [6.07, 6.45) is 0. The van der Waals surface area contributed by atoms with Crippen molar-refractivity contribution in [2.75, 3.05) is 0 Å². The Morgan fingerprint density at radius 3 is 2.48 bits per heavy atom. The molecule has 1 aliphatic heterocycles. The molecule has 0 aliphatic carbocycles. The summed E-state index contributed by atoms with van der Waals surface area (Å²) < 4.78 is 6.53. The number of hydrogen-bond acceptors (Lipinski definition) is 3. The van der Waals surface area contributed by atoms with Gasteiger partial charge in [0.15, 0.2) is 5.43 Å². The molecule has 0 fully saturated rings. The van der Waals surface area contributed by atoms with Crippen LogP contribution in [0.3, 0.4) is 0 Å². The lowest BCUT2D eigenvalue weighted by Crippen LogP contribution is -2.21. The fourth-order valence-corrected chi connectivity index (χ4v) is 3.57. The number of halogens is 1. The van der Waals surface area contributed by atoms with Gasteiger partial charge < -0.3 is 9.73 Å². The Balaban J connectivity index is 1.90. The van der Waals surface area contributed by atoms with E-state index in [1.165, 1.54) is 5.56 Å². The number of hydrogen-bond donors (Lipinski definition) is 1. The van der Waals surface area contributed by atoms with E-state index in [0.717, 1.165) is 10.0 Å². The van der Waals surface area contributed by atoms with Gasteiger partial charge in [0.1, 0.15) is 5.58 Å². The van der Waals surface area contributed by atoms with Gasteiger partial charge in [0.05, 0.1) is 17.0 Å². The molecule has 4 nitrogen and oxygen atoms in total. The zero-order valence-electron chi connectivity index (χ0n) is 13.8. The summed E-state index contributed by atoms with van der Waals surface area (Å²) in [5.74, 6) is 0.179. The molecule has 0 saturated heterocycles. The first-order chi connectivity index (χ1) is 12.0. The number of carbonyl (C=O) groups is 1. The zero-order valence-corrected chi connectivity index (χ0v) is 15.4. The molecule has 126 valence electrons. The maximum Gasteiger partial charge on any atom is 0.288 e. The summed E-state index contributed by atoms with van der Waals surface area (Å²) in [7, 11) is 0. The number of nitrogens with one attached hydrogen (secondary N) is 1. The van der Waals surface area contributed by atoms with Gasteiger partial charge in [0, 0.05) is 4.47 Å². The van der Waals surface area contributed by atoms with Crippen LogP contribution in [0.15, 0.2) is 56.1 Å². The topological polar surface area (TPSA) is 59.3 Å². The molecular weight excluding hydrogens is 382 g/mol. The van der Waals surface area contributed by atoms with Gasteiger partial charge >= 0.3 is 0 Å².